The maximum absolute atomic E-state index is 12.6. The molecule has 8 heteroatoms. The lowest BCUT2D eigenvalue weighted by Crippen LogP contribution is -2.26. The predicted molar refractivity (Wildman–Crippen MR) is 125 cm³/mol. The molecular weight excluding hydrogens is 410 g/mol. The molecule has 0 saturated carbocycles. The second-order valence-corrected chi connectivity index (χ2v) is 9.81. The molecule has 0 bridgehead atoms. The summed E-state index contributed by atoms with van der Waals surface area (Å²) in [5.74, 6) is 0.974. The zero-order chi connectivity index (χ0) is 22.0. The van der Waals surface area contributed by atoms with Crippen LogP contribution in [-0.2, 0) is 10.0 Å². The first-order chi connectivity index (χ1) is 14.8. The van der Waals surface area contributed by atoms with E-state index in [1.807, 2.05) is 13.0 Å². The van der Waals surface area contributed by atoms with E-state index in [2.05, 4.69) is 40.1 Å². The van der Waals surface area contributed by atoms with Crippen LogP contribution in [0, 0.1) is 6.92 Å². The molecule has 2 aliphatic rings. The van der Waals surface area contributed by atoms with Crippen molar-refractivity contribution in [3.05, 3.63) is 53.1 Å². The number of rotatable bonds is 4. The van der Waals surface area contributed by atoms with Gasteiger partial charge in [-0.2, -0.15) is 5.10 Å². The molecule has 164 valence electrons. The number of aryl methyl sites for hydroxylation is 1. The fourth-order valence-corrected chi connectivity index (χ4v) is 5.36. The van der Waals surface area contributed by atoms with Gasteiger partial charge in [-0.15, -0.1) is 0 Å². The topological polar surface area (TPSA) is 109 Å². The molecule has 1 fully saturated rings. The van der Waals surface area contributed by atoms with E-state index in [4.69, 9.17) is 10.1 Å². The van der Waals surface area contributed by atoms with Crippen molar-refractivity contribution in [3.63, 3.8) is 0 Å². The van der Waals surface area contributed by atoms with Crippen LogP contribution in [0.1, 0.15) is 48.8 Å². The number of hydrogen-bond donors (Lipinski definition) is 3. The molecule has 0 amide bonds. The summed E-state index contributed by atoms with van der Waals surface area (Å²) in [5, 5.41) is 13.2. The van der Waals surface area contributed by atoms with E-state index in [1.54, 1.807) is 19.2 Å². The zero-order valence-corrected chi connectivity index (χ0v) is 18.7. The number of hydrazone groups is 1. The first-order valence-electron chi connectivity index (χ1n) is 10.7. The SMILES string of the molecule is Cc1ccc(-c2ccc(C3CCNCC3)cc2)c(C2=NC(C)CC=NN2)c1S(N)(=O)=O. The van der Waals surface area contributed by atoms with Crippen LogP contribution < -0.4 is 15.9 Å². The first kappa shape index (κ1) is 21.7. The third kappa shape index (κ3) is 4.71. The van der Waals surface area contributed by atoms with E-state index in [9.17, 15) is 8.42 Å². The van der Waals surface area contributed by atoms with Crippen LogP contribution in [0.3, 0.4) is 0 Å². The number of nitrogens with one attached hydrogen (secondary N) is 2. The van der Waals surface area contributed by atoms with Crippen molar-refractivity contribution in [3.8, 4) is 11.1 Å². The van der Waals surface area contributed by atoms with Crippen LogP contribution in [0.2, 0.25) is 0 Å². The lowest BCUT2D eigenvalue weighted by Gasteiger charge is -2.23. The van der Waals surface area contributed by atoms with Crippen molar-refractivity contribution in [1.82, 2.24) is 10.7 Å². The van der Waals surface area contributed by atoms with Crippen molar-refractivity contribution < 1.29 is 8.42 Å². The maximum Gasteiger partial charge on any atom is 0.239 e. The molecule has 1 saturated heterocycles. The van der Waals surface area contributed by atoms with Crippen LogP contribution >= 0.6 is 0 Å². The first-order valence-corrected chi connectivity index (χ1v) is 12.2. The molecule has 2 heterocycles. The maximum atomic E-state index is 12.6. The summed E-state index contributed by atoms with van der Waals surface area (Å²) in [6.45, 7) is 5.79. The number of benzene rings is 2. The fraction of sp³-hybridized carbons (Fsp3) is 0.391. The Morgan fingerprint density at radius 2 is 1.77 bits per heavy atom. The van der Waals surface area contributed by atoms with E-state index in [0.29, 0.717) is 29.3 Å². The van der Waals surface area contributed by atoms with Gasteiger partial charge in [-0.05, 0) is 68.0 Å². The smallest absolute Gasteiger partial charge is 0.239 e. The molecule has 31 heavy (non-hydrogen) atoms. The highest BCUT2D eigenvalue weighted by atomic mass is 32.2. The van der Waals surface area contributed by atoms with Gasteiger partial charge in [0.15, 0.2) is 5.84 Å². The van der Waals surface area contributed by atoms with Crippen molar-refractivity contribution in [2.24, 2.45) is 15.2 Å². The Labute approximate surface area is 183 Å². The van der Waals surface area contributed by atoms with Crippen LogP contribution in [0.4, 0.5) is 0 Å². The van der Waals surface area contributed by atoms with Gasteiger partial charge in [0.05, 0.1) is 10.9 Å². The van der Waals surface area contributed by atoms with E-state index in [1.165, 1.54) is 5.56 Å². The van der Waals surface area contributed by atoms with Crippen molar-refractivity contribution in [1.29, 1.82) is 0 Å². The minimum absolute atomic E-state index is 0.0299. The molecule has 7 nitrogen and oxygen atoms in total. The quantitative estimate of drug-likeness (QED) is 0.680. The molecule has 4 rings (SSSR count). The Hall–Kier alpha value is -2.55. The van der Waals surface area contributed by atoms with E-state index >= 15 is 0 Å². The zero-order valence-electron chi connectivity index (χ0n) is 17.9. The molecule has 0 spiro atoms. The third-order valence-corrected chi connectivity index (χ3v) is 7.06. The summed E-state index contributed by atoms with van der Waals surface area (Å²) in [4.78, 5) is 4.78. The van der Waals surface area contributed by atoms with E-state index in [-0.39, 0.29) is 10.9 Å². The molecule has 0 aromatic heterocycles. The summed E-state index contributed by atoms with van der Waals surface area (Å²) in [5.41, 5.74) is 6.99. The van der Waals surface area contributed by atoms with Gasteiger partial charge in [0.25, 0.3) is 0 Å². The summed E-state index contributed by atoms with van der Waals surface area (Å²) < 4.78 is 25.2. The van der Waals surface area contributed by atoms with Crippen molar-refractivity contribution in [2.75, 3.05) is 13.1 Å². The number of aliphatic imine (C=N–C) groups is 1. The largest absolute Gasteiger partial charge is 0.317 e. The summed E-state index contributed by atoms with van der Waals surface area (Å²) in [7, 11) is -3.98. The lowest BCUT2D eigenvalue weighted by molar-refractivity contribution is 0.460. The van der Waals surface area contributed by atoms with Crippen LogP contribution in [0.5, 0.6) is 0 Å². The normalized spacial score (nSPS) is 20.1. The van der Waals surface area contributed by atoms with Gasteiger partial charge in [0.2, 0.25) is 10.0 Å². The minimum Gasteiger partial charge on any atom is -0.317 e. The molecule has 2 aliphatic heterocycles. The molecule has 1 unspecified atom stereocenters. The highest BCUT2D eigenvalue weighted by Gasteiger charge is 2.26. The molecule has 0 aliphatic carbocycles. The van der Waals surface area contributed by atoms with E-state index in [0.717, 1.165) is 37.1 Å². The number of hydrogen-bond acceptors (Lipinski definition) is 6. The second kappa shape index (κ2) is 8.90. The second-order valence-electron chi connectivity index (χ2n) is 8.31. The Morgan fingerprint density at radius 1 is 1.06 bits per heavy atom. The number of piperidine rings is 1. The number of sulfonamides is 1. The van der Waals surface area contributed by atoms with Crippen molar-refractivity contribution in [2.45, 2.75) is 50.0 Å². The molecule has 1 atom stereocenters. The van der Waals surface area contributed by atoms with Gasteiger partial charge >= 0.3 is 0 Å². The Kier molecular flexibility index (Phi) is 6.22. The molecule has 4 N–H and O–H groups in total. The summed E-state index contributed by atoms with van der Waals surface area (Å²) in [6, 6.07) is 12.1. The monoisotopic (exact) mass is 439 g/mol. The third-order valence-electron chi connectivity index (χ3n) is 5.97. The molecule has 2 aromatic carbocycles. The molecular formula is C23H29N5O2S. The number of nitrogens with two attached hydrogens (primary N) is 1. The number of primary sulfonamides is 1. The summed E-state index contributed by atoms with van der Waals surface area (Å²) in [6.07, 6.45) is 4.68. The highest BCUT2D eigenvalue weighted by molar-refractivity contribution is 7.89. The predicted octanol–water partition coefficient (Wildman–Crippen LogP) is 2.89. The lowest BCUT2D eigenvalue weighted by atomic mass is 9.88. The van der Waals surface area contributed by atoms with Gasteiger partial charge < -0.3 is 5.32 Å². The van der Waals surface area contributed by atoms with Gasteiger partial charge in [-0.3, -0.25) is 10.4 Å². The van der Waals surface area contributed by atoms with Crippen LogP contribution in [0.15, 0.2) is 51.4 Å². The summed E-state index contributed by atoms with van der Waals surface area (Å²) >= 11 is 0. The average molecular weight is 440 g/mol. The standard InChI is InChI=1S/C23H29N5O2S/c1-15-3-8-20(19-6-4-17(5-7-19)18-10-12-25-13-11-18)21(22(15)31(24,29)30)23-27-16(2)9-14-26-28-23/h3-8,14,16,18,25H,9-13H2,1-2H3,(H,27,28)(H2,24,29,30). The fourth-order valence-electron chi connectivity index (χ4n) is 4.35. The van der Waals surface area contributed by atoms with Crippen LogP contribution in [0.25, 0.3) is 11.1 Å². The van der Waals surface area contributed by atoms with E-state index < -0.39 is 10.0 Å². The van der Waals surface area contributed by atoms with Gasteiger partial charge in [0, 0.05) is 18.2 Å². The highest BCUT2D eigenvalue weighted by Crippen LogP contribution is 2.33. The Bertz CT molecular complexity index is 1120. The molecule has 2 aromatic rings. The van der Waals surface area contributed by atoms with Gasteiger partial charge in [-0.25, -0.2) is 13.6 Å². The number of nitrogens with zero attached hydrogens (tertiary/aromatic N) is 2. The molecule has 0 radical (unpaired) electrons. The Morgan fingerprint density at radius 3 is 2.45 bits per heavy atom. The average Bonchev–Trinajstić information content (AvgIpc) is 2.97. The number of amidine groups is 1. The Balaban J connectivity index is 1.85. The van der Waals surface area contributed by atoms with Crippen molar-refractivity contribution >= 4 is 22.1 Å². The van der Waals surface area contributed by atoms with Crippen LogP contribution in [-0.4, -0.2) is 39.6 Å². The van der Waals surface area contributed by atoms with Gasteiger partial charge in [-0.1, -0.05) is 36.4 Å². The van der Waals surface area contributed by atoms with Gasteiger partial charge in [0.1, 0.15) is 0 Å². The minimum atomic E-state index is -3.98.